The molecule has 0 saturated carbocycles. The number of nitriles is 1. The van der Waals surface area contributed by atoms with Gasteiger partial charge in [0.05, 0.1) is 22.2 Å². The molecule has 2 bridgehead atoms. The van der Waals surface area contributed by atoms with Gasteiger partial charge in [-0.05, 0) is 38.5 Å². The van der Waals surface area contributed by atoms with E-state index in [0.29, 0.717) is 44.9 Å². The summed E-state index contributed by atoms with van der Waals surface area (Å²) in [4.78, 5) is 0. The van der Waals surface area contributed by atoms with Gasteiger partial charge in [-0.15, -0.1) is 0 Å². The van der Waals surface area contributed by atoms with Crippen LogP contribution in [0.1, 0.15) is 51.4 Å². The van der Waals surface area contributed by atoms with Gasteiger partial charge < -0.3 is 5.11 Å². The van der Waals surface area contributed by atoms with Gasteiger partial charge >= 0.3 is 0 Å². The SMILES string of the molecule is N#CCCCC1(O)CC2CCCC(C1)S2(=O)=O. The second kappa shape index (κ2) is 4.58. The van der Waals surface area contributed by atoms with Crippen molar-refractivity contribution in [2.75, 3.05) is 0 Å². The summed E-state index contributed by atoms with van der Waals surface area (Å²) < 4.78 is 24.1. The van der Waals surface area contributed by atoms with Crippen LogP contribution >= 0.6 is 0 Å². The smallest absolute Gasteiger partial charge is 0.156 e. The van der Waals surface area contributed by atoms with Crippen LogP contribution in [-0.2, 0) is 9.84 Å². The molecule has 2 aliphatic rings. The fraction of sp³-hybridized carbons (Fsp3) is 0.917. The lowest BCUT2D eigenvalue weighted by Gasteiger charge is -2.43. The molecule has 4 nitrogen and oxygen atoms in total. The Labute approximate surface area is 103 Å². The van der Waals surface area contributed by atoms with Gasteiger partial charge in [0.1, 0.15) is 0 Å². The van der Waals surface area contributed by atoms with Crippen LogP contribution in [0.2, 0.25) is 0 Å². The van der Waals surface area contributed by atoms with E-state index in [1.54, 1.807) is 0 Å². The third-order valence-electron chi connectivity index (χ3n) is 4.13. The summed E-state index contributed by atoms with van der Waals surface area (Å²) in [5.41, 5.74) is -0.849. The summed E-state index contributed by atoms with van der Waals surface area (Å²) in [7, 11) is -2.99. The number of aliphatic hydroxyl groups is 1. The van der Waals surface area contributed by atoms with Crippen molar-refractivity contribution in [2.24, 2.45) is 0 Å². The molecule has 0 spiro atoms. The lowest BCUT2D eigenvalue weighted by Crippen LogP contribution is -2.51. The van der Waals surface area contributed by atoms with E-state index in [1.165, 1.54) is 0 Å². The molecule has 17 heavy (non-hydrogen) atoms. The monoisotopic (exact) mass is 257 g/mol. The molecule has 2 heterocycles. The predicted molar refractivity (Wildman–Crippen MR) is 64.0 cm³/mol. The van der Waals surface area contributed by atoms with E-state index < -0.39 is 15.4 Å². The van der Waals surface area contributed by atoms with Crippen LogP contribution in [0, 0.1) is 11.3 Å². The first kappa shape index (κ1) is 12.8. The standard InChI is InChI=1S/C12H19NO3S/c13-7-2-1-6-12(14)8-10-4-3-5-11(9-12)17(10,15)16/h10-11,14H,1-6,8-9H2. The maximum absolute atomic E-state index is 12.0. The molecule has 5 heteroatoms. The first-order valence-electron chi connectivity index (χ1n) is 6.30. The minimum atomic E-state index is -2.99. The Morgan fingerprint density at radius 3 is 2.41 bits per heavy atom. The normalized spacial score (nSPS) is 39.5. The van der Waals surface area contributed by atoms with E-state index in [9.17, 15) is 13.5 Å². The zero-order valence-corrected chi connectivity index (χ0v) is 10.7. The van der Waals surface area contributed by atoms with E-state index >= 15 is 0 Å². The summed E-state index contributed by atoms with van der Waals surface area (Å²) in [5, 5.41) is 18.3. The number of fused-ring (bicyclic) bond motifs is 2. The Balaban J connectivity index is 2.08. The van der Waals surface area contributed by atoms with Crippen LogP contribution in [0.25, 0.3) is 0 Å². The van der Waals surface area contributed by atoms with Gasteiger partial charge in [0.15, 0.2) is 9.84 Å². The highest BCUT2D eigenvalue weighted by atomic mass is 32.2. The van der Waals surface area contributed by atoms with Crippen molar-refractivity contribution in [1.82, 2.24) is 0 Å². The number of hydrogen-bond acceptors (Lipinski definition) is 4. The molecule has 1 N–H and O–H groups in total. The largest absolute Gasteiger partial charge is 0.390 e. The molecule has 0 aliphatic carbocycles. The quantitative estimate of drug-likeness (QED) is 0.778. The lowest BCUT2D eigenvalue weighted by molar-refractivity contribution is 0.000308. The Kier molecular flexibility index (Phi) is 3.46. The average Bonchev–Trinajstić information content (AvgIpc) is 2.21. The maximum Gasteiger partial charge on any atom is 0.156 e. The van der Waals surface area contributed by atoms with Crippen molar-refractivity contribution >= 4 is 9.84 Å². The molecule has 2 fully saturated rings. The molecule has 0 aromatic carbocycles. The molecule has 2 atom stereocenters. The van der Waals surface area contributed by atoms with Crippen molar-refractivity contribution < 1.29 is 13.5 Å². The Hall–Kier alpha value is -0.600. The second-order valence-electron chi connectivity index (χ2n) is 5.41. The molecule has 0 radical (unpaired) electrons. The number of hydrogen-bond donors (Lipinski definition) is 1. The molecular formula is C12H19NO3S. The fourth-order valence-electron chi connectivity index (χ4n) is 3.24. The van der Waals surface area contributed by atoms with E-state index in [2.05, 4.69) is 6.07 Å². The minimum absolute atomic E-state index is 0.345. The van der Waals surface area contributed by atoms with Crippen LogP contribution < -0.4 is 0 Å². The molecule has 96 valence electrons. The maximum atomic E-state index is 12.0. The van der Waals surface area contributed by atoms with E-state index in [0.717, 1.165) is 6.42 Å². The summed E-state index contributed by atoms with van der Waals surface area (Å²) in [6.07, 6.45) is 4.75. The van der Waals surface area contributed by atoms with Crippen LogP contribution in [0.15, 0.2) is 0 Å². The zero-order valence-electron chi connectivity index (χ0n) is 9.93. The van der Waals surface area contributed by atoms with Crippen molar-refractivity contribution in [1.29, 1.82) is 5.26 Å². The van der Waals surface area contributed by atoms with Gasteiger partial charge in [-0.1, -0.05) is 6.42 Å². The van der Waals surface area contributed by atoms with Gasteiger partial charge in [-0.25, -0.2) is 8.42 Å². The second-order valence-corrected chi connectivity index (χ2v) is 7.92. The highest BCUT2D eigenvalue weighted by Crippen LogP contribution is 2.43. The molecule has 2 aliphatic heterocycles. The number of rotatable bonds is 3. The topological polar surface area (TPSA) is 78.2 Å². The molecule has 2 rings (SSSR count). The van der Waals surface area contributed by atoms with Gasteiger partial charge in [0.25, 0.3) is 0 Å². The van der Waals surface area contributed by atoms with E-state index in [1.807, 2.05) is 0 Å². The average molecular weight is 257 g/mol. The summed E-state index contributed by atoms with van der Waals surface area (Å²) in [6.45, 7) is 0. The van der Waals surface area contributed by atoms with Gasteiger partial charge in [-0.2, -0.15) is 5.26 Å². The van der Waals surface area contributed by atoms with Crippen LogP contribution in [0.4, 0.5) is 0 Å². The molecular weight excluding hydrogens is 238 g/mol. The zero-order chi connectivity index (χ0) is 12.5. The Bertz CT molecular complexity index is 404. The van der Waals surface area contributed by atoms with Crippen molar-refractivity contribution in [3.63, 3.8) is 0 Å². The Morgan fingerprint density at radius 2 is 1.88 bits per heavy atom. The third kappa shape index (κ3) is 2.48. The predicted octanol–water partition coefficient (Wildman–Crippen LogP) is 1.54. The molecule has 0 aromatic rings. The summed E-state index contributed by atoms with van der Waals surface area (Å²) in [6, 6.07) is 2.06. The Morgan fingerprint density at radius 1 is 1.29 bits per heavy atom. The van der Waals surface area contributed by atoms with Crippen LogP contribution in [0.3, 0.4) is 0 Å². The number of sulfone groups is 1. The summed E-state index contributed by atoms with van der Waals surface area (Å²) >= 11 is 0. The highest BCUT2D eigenvalue weighted by molar-refractivity contribution is 7.92. The highest BCUT2D eigenvalue weighted by Gasteiger charge is 2.49. The molecule has 2 unspecified atom stereocenters. The fourth-order valence-corrected chi connectivity index (χ4v) is 5.86. The van der Waals surface area contributed by atoms with E-state index in [-0.39, 0.29) is 10.5 Å². The molecule has 2 saturated heterocycles. The van der Waals surface area contributed by atoms with Crippen molar-refractivity contribution in [3.8, 4) is 6.07 Å². The van der Waals surface area contributed by atoms with Gasteiger partial charge in [0.2, 0.25) is 0 Å². The van der Waals surface area contributed by atoms with Crippen LogP contribution in [0.5, 0.6) is 0 Å². The third-order valence-corrected chi connectivity index (χ3v) is 6.79. The molecule has 0 amide bonds. The van der Waals surface area contributed by atoms with E-state index in [4.69, 9.17) is 5.26 Å². The van der Waals surface area contributed by atoms with Gasteiger partial charge in [0, 0.05) is 6.42 Å². The number of nitrogens with zero attached hydrogens (tertiary/aromatic N) is 1. The lowest BCUT2D eigenvalue weighted by atomic mass is 9.82. The van der Waals surface area contributed by atoms with Gasteiger partial charge in [-0.3, -0.25) is 0 Å². The molecule has 0 aromatic heterocycles. The van der Waals surface area contributed by atoms with Crippen molar-refractivity contribution in [3.05, 3.63) is 0 Å². The summed E-state index contributed by atoms with van der Waals surface area (Å²) in [5.74, 6) is 0. The van der Waals surface area contributed by atoms with Crippen LogP contribution in [-0.4, -0.2) is 29.6 Å². The van der Waals surface area contributed by atoms with Crippen molar-refractivity contribution in [2.45, 2.75) is 67.5 Å². The minimum Gasteiger partial charge on any atom is -0.390 e. The first-order valence-corrected chi connectivity index (χ1v) is 7.91. The first-order chi connectivity index (χ1) is 7.98. The number of unbranched alkanes of at least 4 members (excludes halogenated alkanes) is 1.